The van der Waals surface area contributed by atoms with Gasteiger partial charge in [-0.25, -0.2) is 0 Å². The Kier molecular flexibility index (Phi) is 4.18. The second kappa shape index (κ2) is 6.04. The van der Waals surface area contributed by atoms with Crippen LogP contribution in [0.25, 0.3) is 0 Å². The monoisotopic (exact) mass is 285 g/mol. The van der Waals surface area contributed by atoms with E-state index < -0.39 is 10.8 Å². The summed E-state index contributed by atoms with van der Waals surface area (Å²) in [6.45, 7) is 1.95. The minimum atomic E-state index is -0.550. The Morgan fingerprint density at radius 3 is 2.52 bits per heavy atom. The van der Waals surface area contributed by atoms with Crippen LogP contribution in [0.3, 0.4) is 0 Å². The summed E-state index contributed by atoms with van der Waals surface area (Å²) in [4.78, 5) is 22.6. The summed E-state index contributed by atoms with van der Waals surface area (Å²) in [5.41, 5.74) is 7.57. The molecular formula is C15H15N3O3. The second-order valence-electron chi connectivity index (χ2n) is 4.65. The molecule has 108 valence electrons. The zero-order valence-corrected chi connectivity index (χ0v) is 11.5. The molecule has 0 bridgehead atoms. The van der Waals surface area contributed by atoms with Crippen LogP contribution in [0, 0.1) is 17.0 Å². The van der Waals surface area contributed by atoms with E-state index in [0.29, 0.717) is 11.3 Å². The molecule has 0 aliphatic heterocycles. The number of carbonyl (C=O) groups is 1. The third-order valence-electron chi connectivity index (χ3n) is 3.11. The first-order valence-corrected chi connectivity index (χ1v) is 6.35. The van der Waals surface area contributed by atoms with Gasteiger partial charge in [0.25, 0.3) is 11.6 Å². The zero-order chi connectivity index (χ0) is 15.4. The molecular weight excluding hydrogens is 270 g/mol. The number of nitrogens with one attached hydrogen (secondary N) is 1. The molecule has 0 fully saturated rings. The molecule has 2 aromatic carbocycles. The van der Waals surface area contributed by atoms with Crippen molar-refractivity contribution in [1.82, 2.24) is 5.32 Å². The fraction of sp³-hybridized carbons (Fsp3) is 0.133. The maximum Gasteiger partial charge on any atom is 0.282 e. The Balaban J connectivity index is 2.17. The molecule has 0 spiro atoms. The largest absolute Gasteiger partial charge is 0.399 e. The lowest BCUT2D eigenvalue weighted by atomic mass is 10.1. The number of nitro benzene ring substituents is 1. The molecule has 0 atom stereocenters. The van der Waals surface area contributed by atoms with Crippen molar-refractivity contribution in [3.63, 3.8) is 0 Å². The van der Waals surface area contributed by atoms with Crippen LogP contribution in [0.2, 0.25) is 0 Å². The fourth-order valence-electron chi connectivity index (χ4n) is 2.01. The van der Waals surface area contributed by atoms with E-state index in [2.05, 4.69) is 5.32 Å². The van der Waals surface area contributed by atoms with Crippen LogP contribution in [-0.2, 0) is 6.54 Å². The van der Waals surface area contributed by atoms with Crippen molar-refractivity contribution in [1.29, 1.82) is 0 Å². The summed E-state index contributed by atoms with van der Waals surface area (Å²) in [5, 5.41) is 13.7. The number of benzene rings is 2. The third-order valence-corrected chi connectivity index (χ3v) is 3.11. The van der Waals surface area contributed by atoms with E-state index in [1.807, 2.05) is 0 Å². The molecule has 1 amide bonds. The molecule has 0 radical (unpaired) electrons. The first kappa shape index (κ1) is 14.5. The summed E-state index contributed by atoms with van der Waals surface area (Å²) < 4.78 is 0. The minimum Gasteiger partial charge on any atom is -0.399 e. The van der Waals surface area contributed by atoms with Gasteiger partial charge in [0, 0.05) is 18.3 Å². The number of nitrogen functional groups attached to an aromatic ring is 1. The predicted octanol–water partition coefficient (Wildman–Crippen LogP) is 2.42. The molecule has 0 unspecified atom stereocenters. The van der Waals surface area contributed by atoms with E-state index in [4.69, 9.17) is 5.73 Å². The summed E-state index contributed by atoms with van der Waals surface area (Å²) in [6.07, 6.45) is 0. The smallest absolute Gasteiger partial charge is 0.282 e. The van der Waals surface area contributed by atoms with Crippen LogP contribution in [0.5, 0.6) is 0 Å². The number of hydrogen-bond donors (Lipinski definition) is 2. The quantitative estimate of drug-likeness (QED) is 0.512. The fourth-order valence-corrected chi connectivity index (χ4v) is 2.01. The van der Waals surface area contributed by atoms with E-state index in [-0.39, 0.29) is 17.8 Å². The highest BCUT2D eigenvalue weighted by Crippen LogP contribution is 2.21. The van der Waals surface area contributed by atoms with Crippen molar-refractivity contribution >= 4 is 17.3 Å². The molecule has 6 heteroatoms. The average molecular weight is 285 g/mol. The normalized spacial score (nSPS) is 10.1. The standard InChI is InChI=1S/C15H15N3O3/c1-10-3-2-4-13(18(20)21)14(10)15(19)17-9-11-5-7-12(16)8-6-11/h2-8H,9,16H2,1H3,(H,17,19). The molecule has 0 saturated heterocycles. The first-order valence-electron chi connectivity index (χ1n) is 6.35. The van der Waals surface area contributed by atoms with E-state index in [1.165, 1.54) is 6.07 Å². The lowest BCUT2D eigenvalue weighted by Crippen LogP contribution is -2.24. The zero-order valence-electron chi connectivity index (χ0n) is 11.5. The van der Waals surface area contributed by atoms with Crippen molar-refractivity contribution in [2.75, 3.05) is 5.73 Å². The number of nitrogens with two attached hydrogens (primary N) is 1. The molecule has 2 aromatic rings. The Labute approximate surface area is 121 Å². The van der Waals surface area contributed by atoms with E-state index in [9.17, 15) is 14.9 Å². The van der Waals surface area contributed by atoms with Gasteiger partial charge in [0.15, 0.2) is 0 Å². The highest BCUT2D eigenvalue weighted by atomic mass is 16.6. The van der Waals surface area contributed by atoms with Gasteiger partial charge in [-0.2, -0.15) is 0 Å². The summed E-state index contributed by atoms with van der Waals surface area (Å²) in [6, 6.07) is 11.6. The Hall–Kier alpha value is -2.89. The van der Waals surface area contributed by atoms with E-state index >= 15 is 0 Å². The van der Waals surface area contributed by atoms with Gasteiger partial charge in [-0.3, -0.25) is 14.9 Å². The Morgan fingerprint density at radius 2 is 1.90 bits per heavy atom. The molecule has 3 N–H and O–H groups in total. The topological polar surface area (TPSA) is 98.3 Å². The predicted molar refractivity (Wildman–Crippen MR) is 79.9 cm³/mol. The van der Waals surface area contributed by atoms with Gasteiger partial charge < -0.3 is 11.1 Å². The van der Waals surface area contributed by atoms with Gasteiger partial charge in [0.1, 0.15) is 5.56 Å². The SMILES string of the molecule is Cc1cccc([N+](=O)[O-])c1C(=O)NCc1ccc(N)cc1. The number of aryl methyl sites for hydroxylation is 1. The van der Waals surface area contributed by atoms with Crippen LogP contribution >= 0.6 is 0 Å². The van der Waals surface area contributed by atoms with Crippen molar-refractivity contribution in [3.05, 3.63) is 69.3 Å². The van der Waals surface area contributed by atoms with Gasteiger partial charge in [0.05, 0.1) is 4.92 Å². The van der Waals surface area contributed by atoms with Crippen molar-refractivity contribution < 1.29 is 9.72 Å². The van der Waals surface area contributed by atoms with Crippen molar-refractivity contribution in [3.8, 4) is 0 Å². The number of nitro groups is 1. The van der Waals surface area contributed by atoms with E-state index in [1.54, 1.807) is 43.3 Å². The molecule has 0 aliphatic rings. The Bertz CT molecular complexity index is 681. The van der Waals surface area contributed by atoms with Crippen LogP contribution in [0.4, 0.5) is 11.4 Å². The number of rotatable bonds is 4. The summed E-state index contributed by atoms with van der Waals surface area (Å²) in [7, 11) is 0. The Morgan fingerprint density at radius 1 is 1.24 bits per heavy atom. The van der Waals surface area contributed by atoms with Crippen molar-refractivity contribution in [2.45, 2.75) is 13.5 Å². The maximum atomic E-state index is 12.2. The third kappa shape index (κ3) is 3.36. The highest BCUT2D eigenvalue weighted by molar-refractivity contribution is 5.99. The minimum absolute atomic E-state index is 0.0953. The van der Waals surface area contributed by atoms with Gasteiger partial charge in [-0.1, -0.05) is 24.3 Å². The number of nitrogens with zero attached hydrogens (tertiary/aromatic N) is 1. The van der Waals surface area contributed by atoms with Crippen molar-refractivity contribution in [2.24, 2.45) is 0 Å². The molecule has 0 aliphatic carbocycles. The maximum absolute atomic E-state index is 12.2. The summed E-state index contributed by atoms with van der Waals surface area (Å²) >= 11 is 0. The molecule has 0 heterocycles. The van der Waals surface area contributed by atoms with Gasteiger partial charge >= 0.3 is 0 Å². The van der Waals surface area contributed by atoms with Gasteiger partial charge in [0.2, 0.25) is 0 Å². The highest BCUT2D eigenvalue weighted by Gasteiger charge is 2.21. The molecule has 2 rings (SSSR count). The average Bonchev–Trinajstić information content (AvgIpc) is 2.46. The van der Waals surface area contributed by atoms with Crippen LogP contribution in [0.15, 0.2) is 42.5 Å². The molecule has 6 nitrogen and oxygen atoms in total. The number of amides is 1. The number of anilines is 1. The number of carbonyl (C=O) groups excluding carboxylic acids is 1. The van der Waals surface area contributed by atoms with Crippen LogP contribution < -0.4 is 11.1 Å². The summed E-state index contributed by atoms with van der Waals surface area (Å²) in [5.74, 6) is -0.461. The van der Waals surface area contributed by atoms with Gasteiger partial charge in [-0.15, -0.1) is 0 Å². The first-order chi connectivity index (χ1) is 9.99. The molecule has 21 heavy (non-hydrogen) atoms. The van der Waals surface area contributed by atoms with Gasteiger partial charge in [-0.05, 0) is 30.2 Å². The molecule has 0 aromatic heterocycles. The van der Waals surface area contributed by atoms with Crippen LogP contribution in [0.1, 0.15) is 21.5 Å². The molecule has 0 saturated carbocycles. The van der Waals surface area contributed by atoms with E-state index in [0.717, 1.165) is 5.56 Å². The lowest BCUT2D eigenvalue weighted by Gasteiger charge is -2.08. The second-order valence-corrected chi connectivity index (χ2v) is 4.65. The lowest BCUT2D eigenvalue weighted by molar-refractivity contribution is -0.385. The van der Waals surface area contributed by atoms with Crippen LogP contribution in [-0.4, -0.2) is 10.8 Å². The number of hydrogen-bond acceptors (Lipinski definition) is 4.